The lowest BCUT2D eigenvalue weighted by molar-refractivity contribution is -0.138. The second-order valence-electron chi connectivity index (χ2n) is 3.75. The number of nitrogens with zero attached hydrogens (tertiary/aromatic N) is 1. The van der Waals surface area contributed by atoms with Crippen LogP contribution in [0, 0.1) is 0 Å². The van der Waals surface area contributed by atoms with Crippen LogP contribution in [0.1, 0.15) is 12.0 Å². The molecule has 80 valence electrons. The molecule has 1 aliphatic rings. The number of carboxylic acid groups (broad SMARTS) is 1. The van der Waals surface area contributed by atoms with Crippen LogP contribution in [0.15, 0.2) is 18.2 Å². The number of carboxylic acids is 1. The number of para-hydroxylation sites is 1. The van der Waals surface area contributed by atoms with Gasteiger partial charge in [0.2, 0.25) is 0 Å². The normalized spacial score (nSPS) is 19.9. The Balaban J connectivity index is 2.45. The van der Waals surface area contributed by atoms with Crippen LogP contribution in [-0.2, 0) is 11.2 Å². The molecule has 0 saturated carbocycles. The van der Waals surface area contributed by atoms with Crippen molar-refractivity contribution in [2.24, 2.45) is 0 Å². The van der Waals surface area contributed by atoms with E-state index in [9.17, 15) is 4.79 Å². The molecule has 1 N–H and O–H groups in total. The first-order valence-electron chi connectivity index (χ1n) is 4.84. The summed E-state index contributed by atoms with van der Waals surface area (Å²) in [6.07, 6.45) is 1.41. The van der Waals surface area contributed by atoms with Crippen molar-refractivity contribution in [3.8, 4) is 0 Å². The molecule has 0 spiro atoms. The van der Waals surface area contributed by atoms with Gasteiger partial charge in [-0.3, -0.25) is 0 Å². The van der Waals surface area contributed by atoms with E-state index in [4.69, 9.17) is 16.7 Å². The van der Waals surface area contributed by atoms with Gasteiger partial charge in [0.1, 0.15) is 6.04 Å². The van der Waals surface area contributed by atoms with Gasteiger partial charge in [-0.1, -0.05) is 23.7 Å². The Bertz CT molecular complexity index is 406. The largest absolute Gasteiger partial charge is 0.480 e. The molecule has 1 aromatic carbocycles. The molecule has 0 aliphatic carbocycles. The maximum Gasteiger partial charge on any atom is 0.326 e. The van der Waals surface area contributed by atoms with Gasteiger partial charge in [0.25, 0.3) is 0 Å². The van der Waals surface area contributed by atoms with Crippen LogP contribution in [0.2, 0.25) is 5.02 Å². The number of aryl methyl sites for hydroxylation is 1. The van der Waals surface area contributed by atoms with Crippen molar-refractivity contribution in [1.82, 2.24) is 0 Å². The summed E-state index contributed by atoms with van der Waals surface area (Å²) >= 11 is 6.07. The molecule has 1 aromatic rings. The summed E-state index contributed by atoms with van der Waals surface area (Å²) in [6, 6.07) is 5.23. The number of hydrogen-bond acceptors (Lipinski definition) is 2. The van der Waals surface area contributed by atoms with E-state index in [1.807, 2.05) is 12.1 Å². The molecule has 0 amide bonds. The summed E-state index contributed by atoms with van der Waals surface area (Å²) in [5.74, 6) is -0.789. The van der Waals surface area contributed by atoms with Gasteiger partial charge >= 0.3 is 5.97 Å². The number of aliphatic carboxylic acids is 1. The molecule has 0 saturated heterocycles. The van der Waals surface area contributed by atoms with Gasteiger partial charge in [0, 0.05) is 7.05 Å². The second kappa shape index (κ2) is 3.74. The Kier molecular flexibility index (Phi) is 2.57. The molecule has 1 heterocycles. The zero-order chi connectivity index (χ0) is 11.0. The smallest absolute Gasteiger partial charge is 0.326 e. The molecule has 1 aliphatic heterocycles. The zero-order valence-corrected chi connectivity index (χ0v) is 9.16. The number of hydrogen-bond donors (Lipinski definition) is 1. The summed E-state index contributed by atoms with van der Waals surface area (Å²) < 4.78 is 0. The number of rotatable bonds is 1. The van der Waals surface area contributed by atoms with Crippen LogP contribution in [-0.4, -0.2) is 24.2 Å². The molecule has 4 heteroatoms. The van der Waals surface area contributed by atoms with Crippen LogP contribution in [0.25, 0.3) is 0 Å². The van der Waals surface area contributed by atoms with Crippen molar-refractivity contribution in [3.05, 3.63) is 28.8 Å². The van der Waals surface area contributed by atoms with Gasteiger partial charge in [0.15, 0.2) is 0 Å². The fourth-order valence-electron chi connectivity index (χ4n) is 2.09. The van der Waals surface area contributed by atoms with Crippen LogP contribution < -0.4 is 4.90 Å². The highest BCUT2D eigenvalue weighted by Gasteiger charge is 2.29. The van der Waals surface area contributed by atoms with Gasteiger partial charge < -0.3 is 10.0 Å². The highest BCUT2D eigenvalue weighted by molar-refractivity contribution is 6.33. The minimum atomic E-state index is -0.789. The number of halogens is 1. The third kappa shape index (κ3) is 1.67. The molecule has 1 atom stereocenters. The van der Waals surface area contributed by atoms with Gasteiger partial charge in [-0.2, -0.15) is 0 Å². The van der Waals surface area contributed by atoms with Crippen LogP contribution in [0.4, 0.5) is 5.69 Å². The molecule has 0 bridgehead atoms. The zero-order valence-electron chi connectivity index (χ0n) is 8.40. The Hall–Kier alpha value is -1.22. The monoisotopic (exact) mass is 225 g/mol. The third-order valence-corrected chi connectivity index (χ3v) is 3.17. The molecule has 0 radical (unpaired) electrons. The van der Waals surface area contributed by atoms with Crippen molar-refractivity contribution in [2.75, 3.05) is 11.9 Å². The van der Waals surface area contributed by atoms with Crippen LogP contribution in [0.5, 0.6) is 0 Å². The summed E-state index contributed by atoms with van der Waals surface area (Å²) in [6.45, 7) is 0. The molecule has 15 heavy (non-hydrogen) atoms. The lowest BCUT2D eigenvalue weighted by Gasteiger charge is -2.33. The summed E-state index contributed by atoms with van der Waals surface area (Å²) in [5, 5.41) is 9.67. The number of likely N-dealkylation sites (N-methyl/N-ethyl adjacent to an activating group) is 1. The predicted molar refractivity (Wildman–Crippen MR) is 59.6 cm³/mol. The van der Waals surface area contributed by atoms with Gasteiger partial charge in [0.05, 0.1) is 10.7 Å². The Morgan fingerprint density at radius 1 is 1.60 bits per heavy atom. The summed E-state index contributed by atoms with van der Waals surface area (Å²) in [7, 11) is 1.78. The van der Waals surface area contributed by atoms with Crippen molar-refractivity contribution < 1.29 is 9.90 Å². The highest BCUT2D eigenvalue weighted by atomic mass is 35.5. The number of benzene rings is 1. The van der Waals surface area contributed by atoms with E-state index in [0.29, 0.717) is 11.4 Å². The topological polar surface area (TPSA) is 40.5 Å². The van der Waals surface area contributed by atoms with Crippen molar-refractivity contribution in [1.29, 1.82) is 0 Å². The van der Waals surface area contributed by atoms with E-state index in [1.54, 1.807) is 18.0 Å². The molecular weight excluding hydrogens is 214 g/mol. The summed E-state index contributed by atoms with van der Waals surface area (Å²) in [5.41, 5.74) is 1.99. The Morgan fingerprint density at radius 3 is 3.00 bits per heavy atom. The van der Waals surface area contributed by atoms with E-state index < -0.39 is 12.0 Å². The standard InChI is InChI=1S/C11H12ClNO2/c1-13-9(11(14)15)6-5-7-3-2-4-8(12)10(7)13/h2-4,9H,5-6H2,1H3,(H,14,15). The van der Waals surface area contributed by atoms with E-state index in [2.05, 4.69) is 0 Å². The molecule has 3 nitrogen and oxygen atoms in total. The van der Waals surface area contributed by atoms with Gasteiger partial charge in [-0.15, -0.1) is 0 Å². The van der Waals surface area contributed by atoms with Gasteiger partial charge in [-0.05, 0) is 24.5 Å². The molecule has 0 fully saturated rings. The molecule has 2 rings (SSSR count). The number of fused-ring (bicyclic) bond motifs is 1. The average molecular weight is 226 g/mol. The quantitative estimate of drug-likeness (QED) is 0.797. The molecular formula is C11H12ClNO2. The van der Waals surface area contributed by atoms with Crippen LogP contribution in [0.3, 0.4) is 0 Å². The molecule has 1 unspecified atom stereocenters. The number of anilines is 1. The minimum absolute atomic E-state index is 0.461. The SMILES string of the molecule is CN1c2c(Cl)cccc2CCC1C(=O)O. The number of carbonyl (C=O) groups is 1. The van der Waals surface area contributed by atoms with E-state index >= 15 is 0 Å². The maximum atomic E-state index is 11.0. The predicted octanol–water partition coefficient (Wildman–Crippen LogP) is 2.18. The van der Waals surface area contributed by atoms with E-state index in [0.717, 1.165) is 17.7 Å². The molecule has 0 aromatic heterocycles. The lowest BCUT2D eigenvalue weighted by atomic mass is 9.96. The average Bonchev–Trinajstić information content (AvgIpc) is 2.17. The van der Waals surface area contributed by atoms with Crippen molar-refractivity contribution in [3.63, 3.8) is 0 Å². The fraction of sp³-hybridized carbons (Fsp3) is 0.364. The first kappa shape index (κ1) is 10.3. The highest BCUT2D eigenvalue weighted by Crippen LogP contribution is 2.35. The Labute approximate surface area is 93.3 Å². The second-order valence-corrected chi connectivity index (χ2v) is 4.16. The van der Waals surface area contributed by atoms with Crippen molar-refractivity contribution >= 4 is 23.3 Å². The minimum Gasteiger partial charge on any atom is -0.480 e. The third-order valence-electron chi connectivity index (χ3n) is 2.86. The van der Waals surface area contributed by atoms with E-state index in [1.165, 1.54) is 0 Å². The first-order chi connectivity index (χ1) is 7.11. The lowest BCUT2D eigenvalue weighted by Crippen LogP contribution is -2.42. The van der Waals surface area contributed by atoms with Crippen molar-refractivity contribution in [2.45, 2.75) is 18.9 Å². The van der Waals surface area contributed by atoms with Crippen LogP contribution >= 0.6 is 11.6 Å². The Morgan fingerprint density at radius 2 is 2.33 bits per heavy atom. The fourth-order valence-corrected chi connectivity index (χ4v) is 2.41. The van der Waals surface area contributed by atoms with E-state index in [-0.39, 0.29) is 0 Å². The first-order valence-corrected chi connectivity index (χ1v) is 5.22. The van der Waals surface area contributed by atoms with Gasteiger partial charge in [-0.25, -0.2) is 4.79 Å². The maximum absolute atomic E-state index is 11.0. The summed E-state index contributed by atoms with van der Waals surface area (Å²) in [4.78, 5) is 12.8.